The second-order valence-electron chi connectivity index (χ2n) is 14.9. The summed E-state index contributed by atoms with van der Waals surface area (Å²) in [7, 11) is 2.03. The lowest BCUT2D eigenvalue weighted by atomic mass is 9.88. The van der Waals surface area contributed by atoms with Crippen molar-refractivity contribution in [2.24, 2.45) is 0 Å². The molecule has 23 nitrogen and oxygen atoms in total. The molecule has 356 valence electrons. The van der Waals surface area contributed by atoms with E-state index in [1.165, 1.54) is 0 Å². The number of esters is 6. The van der Waals surface area contributed by atoms with E-state index in [1.54, 1.807) is 0 Å². The summed E-state index contributed by atoms with van der Waals surface area (Å²) in [6, 6.07) is -2.43. The van der Waals surface area contributed by atoms with Crippen molar-refractivity contribution in [3.63, 3.8) is 0 Å². The Labute approximate surface area is 371 Å². The SMILES string of the molecule is CCCCCCCCO[C@]1(C(=O)OC)C[C@@H]2OC(=O)N[C@H]2[C@H]([C@H](OC(C)=O)[C@H](O)COC2(C(=O)OC)C[C@@H]3OC(=O)N[C@H]3[C@H]([C@H](OC(C)=O)[C@@H](COC(=O)CCl)OC(=O)CCl)O2)O1. The van der Waals surface area contributed by atoms with Crippen LogP contribution in [-0.2, 0) is 85.6 Å². The summed E-state index contributed by atoms with van der Waals surface area (Å²) in [6.45, 7) is 2.28. The summed E-state index contributed by atoms with van der Waals surface area (Å²) in [4.78, 5) is 102. The van der Waals surface area contributed by atoms with Gasteiger partial charge in [-0.05, 0) is 6.42 Å². The molecule has 0 spiro atoms. The number of alkyl halides is 2. The molecule has 4 rings (SSSR count). The Morgan fingerprint density at radius 1 is 0.714 bits per heavy atom. The van der Waals surface area contributed by atoms with Gasteiger partial charge >= 0.3 is 48.0 Å². The first-order valence-electron chi connectivity index (χ1n) is 20.2. The van der Waals surface area contributed by atoms with Crippen molar-refractivity contribution in [1.82, 2.24) is 10.6 Å². The number of rotatable bonds is 24. The summed E-state index contributed by atoms with van der Waals surface area (Å²) >= 11 is 11.3. The van der Waals surface area contributed by atoms with Gasteiger partial charge < -0.3 is 72.6 Å². The molecule has 4 fully saturated rings. The summed E-state index contributed by atoms with van der Waals surface area (Å²) in [5.41, 5.74) is 0. The number of carbonyl (C=O) groups is 8. The zero-order chi connectivity index (χ0) is 46.5. The molecule has 3 N–H and O–H groups in total. The monoisotopic (exact) mass is 944 g/mol. The molecule has 63 heavy (non-hydrogen) atoms. The van der Waals surface area contributed by atoms with Crippen LogP contribution in [-0.4, -0.2) is 171 Å². The minimum atomic E-state index is -2.67. The topological polar surface area (TPSA) is 292 Å². The Kier molecular flexibility index (Phi) is 19.2. The fourth-order valence-electron chi connectivity index (χ4n) is 7.65. The lowest BCUT2D eigenvalue weighted by Gasteiger charge is -2.47. The molecule has 0 bridgehead atoms. The van der Waals surface area contributed by atoms with Gasteiger partial charge in [-0.25, -0.2) is 19.2 Å². The first-order valence-corrected chi connectivity index (χ1v) is 21.3. The van der Waals surface area contributed by atoms with Gasteiger partial charge in [-0.3, -0.25) is 19.2 Å². The van der Waals surface area contributed by atoms with Crippen molar-refractivity contribution < 1.29 is 100 Å². The average molecular weight is 946 g/mol. The van der Waals surface area contributed by atoms with Gasteiger partial charge in [0.2, 0.25) is 0 Å². The van der Waals surface area contributed by atoms with E-state index >= 15 is 0 Å². The predicted molar refractivity (Wildman–Crippen MR) is 208 cm³/mol. The second kappa shape index (κ2) is 23.6. The van der Waals surface area contributed by atoms with Crippen molar-refractivity contribution >= 4 is 71.2 Å². The summed E-state index contributed by atoms with van der Waals surface area (Å²) in [5.74, 6) is -12.5. The van der Waals surface area contributed by atoms with Crippen molar-refractivity contribution in [1.29, 1.82) is 0 Å². The number of carbonyl (C=O) groups excluding carboxylic acids is 8. The Balaban J connectivity index is 1.70. The molecule has 1 unspecified atom stereocenters. The average Bonchev–Trinajstić information content (AvgIpc) is 3.83. The van der Waals surface area contributed by atoms with E-state index < -0.39 is 152 Å². The highest BCUT2D eigenvalue weighted by atomic mass is 35.5. The third-order valence-corrected chi connectivity index (χ3v) is 10.8. The zero-order valence-corrected chi connectivity index (χ0v) is 36.8. The van der Waals surface area contributed by atoms with Crippen molar-refractivity contribution in [3.8, 4) is 0 Å². The van der Waals surface area contributed by atoms with Crippen molar-refractivity contribution in [2.75, 3.05) is 45.8 Å². The van der Waals surface area contributed by atoms with Crippen LogP contribution in [0, 0.1) is 0 Å². The highest BCUT2D eigenvalue weighted by molar-refractivity contribution is 6.26. The maximum Gasteiger partial charge on any atom is 0.407 e. The first kappa shape index (κ1) is 51.4. The van der Waals surface area contributed by atoms with E-state index in [4.69, 9.17) is 80.0 Å². The van der Waals surface area contributed by atoms with E-state index in [0.29, 0.717) is 6.42 Å². The number of fused-ring (bicyclic) bond motifs is 2. The molecule has 0 aromatic carbocycles. The number of hydrogen-bond acceptors (Lipinski definition) is 21. The maximum absolute atomic E-state index is 13.8. The molecule has 0 aromatic heterocycles. The van der Waals surface area contributed by atoms with Gasteiger partial charge in [0, 0.05) is 13.8 Å². The van der Waals surface area contributed by atoms with Crippen LogP contribution in [0.5, 0.6) is 0 Å². The maximum atomic E-state index is 13.8. The molecule has 25 heteroatoms. The molecule has 0 saturated carbocycles. The molecule has 0 aliphatic carbocycles. The van der Waals surface area contributed by atoms with Gasteiger partial charge in [-0.1, -0.05) is 39.0 Å². The molecule has 4 aliphatic heterocycles. The van der Waals surface area contributed by atoms with Gasteiger partial charge in [-0.2, -0.15) is 0 Å². The summed E-state index contributed by atoms with van der Waals surface area (Å²) in [6.07, 6.45) is -10.9. The number of halogens is 2. The third-order valence-electron chi connectivity index (χ3n) is 10.4. The van der Waals surface area contributed by atoms with E-state index in [1.807, 2.05) is 0 Å². The van der Waals surface area contributed by atoms with Crippen LogP contribution in [0.15, 0.2) is 0 Å². The molecule has 12 atom stereocenters. The smallest absolute Gasteiger partial charge is 0.407 e. The van der Waals surface area contributed by atoms with Crippen LogP contribution in [0.4, 0.5) is 9.59 Å². The van der Waals surface area contributed by atoms with E-state index in [2.05, 4.69) is 17.6 Å². The van der Waals surface area contributed by atoms with Gasteiger partial charge in [0.05, 0.1) is 52.4 Å². The van der Waals surface area contributed by atoms with E-state index in [0.717, 1.165) is 60.2 Å². The normalized spacial score (nSPS) is 29.1. The molecule has 4 aliphatic rings. The Bertz CT molecular complexity index is 1660. The molecule has 0 aromatic rings. The van der Waals surface area contributed by atoms with Gasteiger partial charge in [0.1, 0.15) is 48.9 Å². The number of aliphatic hydroxyl groups is 1. The fourth-order valence-corrected chi connectivity index (χ4v) is 7.79. The number of nitrogens with one attached hydrogen (secondary N) is 2. The lowest BCUT2D eigenvalue weighted by molar-refractivity contribution is -0.322. The highest BCUT2D eigenvalue weighted by Crippen LogP contribution is 2.41. The van der Waals surface area contributed by atoms with Gasteiger partial charge in [-0.15, -0.1) is 23.2 Å². The number of amides is 2. The van der Waals surface area contributed by atoms with E-state index in [9.17, 15) is 43.5 Å². The van der Waals surface area contributed by atoms with Crippen LogP contribution in [0.3, 0.4) is 0 Å². The van der Waals surface area contributed by atoms with Crippen LogP contribution in [0.2, 0.25) is 0 Å². The molecule has 0 radical (unpaired) electrons. The Hall–Kier alpha value is -4.26. The number of alkyl carbamates (subject to hydrolysis) is 2. The van der Waals surface area contributed by atoms with Gasteiger partial charge in [0.25, 0.3) is 11.6 Å². The Morgan fingerprint density at radius 2 is 1.21 bits per heavy atom. The number of unbranched alkanes of at least 4 members (excludes halogenated alkanes) is 5. The molecular formula is C38H54Cl2N2O21. The zero-order valence-electron chi connectivity index (χ0n) is 35.3. The van der Waals surface area contributed by atoms with E-state index in [-0.39, 0.29) is 13.0 Å². The van der Waals surface area contributed by atoms with Crippen molar-refractivity contribution in [2.45, 2.75) is 145 Å². The quantitative estimate of drug-likeness (QED) is 0.0522. The lowest BCUT2D eigenvalue weighted by Crippen LogP contribution is -2.67. The number of methoxy groups -OCH3 is 2. The molecular weight excluding hydrogens is 891 g/mol. The summed E-state index contributed by atoms with van der Waals surface area (Å²) in [5, 5.41) is 16.9. The van der Waals surface area contributed by atoms with Crippen molar-refractivity contribution in [3.05, 3.63) is 0 Å². The standard InChI is InChI=1S/C38H54Cl2N2O21/c1-6-7-8-9-10-11-12-55-37(33(48)52-4)13-22-27(41-35(50)60-22)31(62-37)29(57-19(2)43)21(45)17-56-38(34(49)53-5)14-23-28(42-36(51)61-23)32(63-38)30(58-20(3)44)24(59-26(47)16-40)18-54-25(46)15-39/h21-24,27-32,45H,6-18H2,1-5H3,(H,41,50)(H,42,51)/t21-,22+,23+,24-,27-,28-,29-,30-,31-,32-,37-,38?/m1/s1. The number of ether oxygens (including phenoxy) is 12. The largest absolute Gasteiger partial charge is 0.465 e. The minimum Gasteiger partial charge on any atom is -0.465 e. The Morgan fingerprint density at radius 3 is 1.71 bits per heavy atom. The number of aliphatic hydroxyl groups excluding tert-OH is 1. The molecule has 4 heterocycles. The van der Waals surface area contributed by atoms with Crippen LogP contribution in [0.25, 0.3) is 0 Å². The molecule has 2 amide bonds. The number of hydrogen-bond donors (Lipinski definition) is 3. The second-order valence-corrected chi connectivity index (χ2v) is 15.4. The predicted octanol–water partition coefficient (Wildman–Crippen LogP) is 0.807. The minimum absolute atomic E-state index is 0.00770. The first-order chi connectivity index (χ1) is 30.0. The third kappa shape index (κ3) is 13.2. The van der Waals surface area contributed by atoms with Crippen LogP contribution in [0.1, 0.15) is 72.1 Å². The van der Waals surface area contributed by atoms with Crippen LogP contribution >= 0.6 is 23.2 Å². The molecule has 4 saturated heterocycles. The fraction of sp³-hybridized carbons (Fsp3) is 0.789. The highest BCUT2D eigenvalue weighted by Gasteiger charge is 2.63. The summed E-state index contributed by atoms with van der Waals surface area (Å²) < 4.78 is 67.0. The van der Waals surface area contributed by atoms with Gasteiger partial charge in [0.15, 0.2) is 18.3 Å². The van der Waals surface area contributed by atoms with Crippen LogP contribution < -0.4 is 10.6 Å².